The van der Waals surface area contributed by atoms with Crippen molar-refractivity contribution >= 4 is 42.2 Å². The van der Waals surface area contributed by atoms with E-state index in [1.807, 2.05) is 0 Å². The van der Waals surface area contributed by atoms with E-state index in [1.54, 1.807) is 30.3 Å². The largest absolute Gasteiger partial charge is 0.384 e. The first-order chi connectivity index (χ1) is 12.4. The van der Waals surface area contributed by atoms with Gasteiger partial charge < -0.3 is 16.0 Å². The zero-order chi connectivity index (χ0) is 18.8. The Morgan fingerprint density at radius 1 is 0.964 bits per heavy atom. The fourth-order valence-corrected chi connectivity index (χ4v) is 2.42. The lowest BCUT2D eigenvalue weighted by Crippen LogP contribution is -2.11. The highest BCUT2D eigenvalue weighted by Gasteiger charge is 2.21. The summed E-state index contributed by atoms with van der Waals surface area (Å²) in [6, 6.07) is 12.6. The molecule has 11 heteroatoms. The molecule has 28 heavy (non-hydrogen) atoms. The second kappa shape index (κ2) is 8.98. The fraction of sp³-hybridized carbons (Fsp3) is 0. The number of hydrogen-bond acceptors (Lipinski definition) is 6. The maximum absolute atomic E-state index is 11.3. The lowest BCUT2D eigenvalue weighted by molar-refractivity contribution is -0.384. The van der Waals surface area contributed by atoms with Crippen LogP contribution in [-0.4, -0.2) is 21.8 Å². The zero-order valence-electron chi connectivity index (χ0n) is 14.2. The van der Waals surface area contributed by atoms with Crippen molar-refractivity contribution in [3.63, 3.8) is 0 Å². The average molecular weight is 423 g/mol. The fourth-order valence-electron chi connectivity index (χ4n) is 2.42. The number of hydrogen-bond donors (Lipinski definition) is 4. The van der Waals surface area contributed by atoms with E-state index < -0.39 is 4.92 Å². The molecule has 0 spiro atoms. The molecule has 0 saturated carbocycles. The molecule has 0 bridgehead atoms. The molecule has 6 N–H and O–H groups in total. The van der Waals surface area contributed by atoms with Crippen LogP contribution in [0, 0.1) is 20.9 Å². The first kappa shape index (κ1) is 22.6. The predicted octanol–water partition coefficient (Wildman–Crippen LogP) is 3.33. The number of nitro groups is 1. The topological polar surface area (TPSA) is 169 Å². The van der Waals surface area contributed by atoms with Crippen LogP contribution in [0.3, 0.4) is 0 Å². The van der Waals surface area contributed by atoms with Gasteiger partial charge in [-0.15, -0.1) is 24.8 Å². The van der Waals surface area contributed by atoms with Crippen molar-refractivity contribution < 1.29 is 9.45 Å². The van der Waals surface area contributed by atoms with Gasteiger partial charge in [0.25, 0.3) is 5.69 Å². The molecule has 0 amide bonds. The van der Waals surface area contributed by atoms with Crippen molar-refractivity contribution in [2.75, 3.05) is 0 Å². The third-order valence-electron chi connectivity index (χ3n) is 3.77. The highest BCUT2D eigenvalue weighted by Crippen LogP contribution is 2.33. The minimum atomic E-state index is -0.564. The second-order valence-corrected chi connectivity index (χ2v) is 5.47. The van der Waals surface area contributed by atoms with Gasteiger partial charge >= 0.3 is 0 Å². The molecule has 3 rings (SSSR count). The van der Waals surface area contributed by atoms with E-state index in [0.717, 1.165) is 0 Å². The lowest BCUT2D eigenvalue weighted by Gasteiger charge is -2.02. The summed E-state index contributed by atoms with van der Waals surface area (Å²) in [5, 5.41) is 30.1. The van der Waals surface area contributed by atoms with Crippen LogP contribution in [-0.2, 0) is 0 Å². The van der Waals surface area contributed by atoms with Crippen molar-refractivity contribution in [3.8, 4) is 22.6 Å². The molecule has 0 aliphatic rings. The van der Waals surface area contributed by atoms with Crippen LogP contribution in [0.1, 0.15) is 11.1 Å². The van der Waals surface area contributed by atoms with Crippen LogP contribution < -0.4 is 11.5 Å². The molecule has 146 valence electrons. The average Bonchev–Trinajstić information content (AvgIpc) is 3.11. The smallest absolute Gasteiger partial charge is 0.281 e. The SMILES string of the molecule is Cl.Cl.N=C(N)c1ccc(-c2cc(-c3ccc(C(=N)N)cc3[N+](=O)[O-])on2)cc1. The number of rotatable bonds is 5. The molecular weight excluding hydrogens is 407 g/mol. The second-order valence-electron chi connectivity index (χ2n) is 5.47. The third kappa shape index (κ3) is 4.45. The summed E-state index contributed by atoms with van der Waals surface area (Å²) in [4.78, 5) is 10.8. The van der Waals surface area contributed by atoms with Crippen LogP contribution in [0.2, 0.25) is 0 Å². The number of nitrogens with two attached hydrogens (primary N) is 2. The van der Waals surface area contributed by atoms with E-state index in [1.165, 1.54) is 18.2 Å². The molecule has 3 aromatic rings. The van der Waals surface area contributed by atoms with Crippen LogP contribution in [0.15, 0.2) is 53.1 Å². The molecule has 9 nitrogen and oxygen atoms in total. The molecule has 0 radical (unpaired) electrons. The minimum absolute atomic E-state index is 0. The Morgan fingerprint density at radius 3 is 2.07 bits per heavy atom. The zero-order valence-corrected chi connectivity index (χ0v) is 15.8. The van der Waals surface area contributed by atoms with Gasteiger partial charge in [-0.2, -0.15) is 0 Å². The summed E-state index contributed by atoms with van der Waals surface area (Å²) in [7, 11) is 0. The number of nitro benzene ring substituents is 1. The molecule has 0 aliphatic heterocycles. The number of nitrogens with one attached hydrogen (secondary N) is 2. The Labute approximate surface area is 171 Å². The van der Waals surface area contributed by atoms with Gasteiger partial charge in [0, 0.05) is 28.8 Å². The van der Waals surface area contributed by atoms with Crippen LogP contribution in [0.4, 0.5) is 5.69 Å². The van der Waals surface area contributed by atoms with Crippen molar-refractivity contribution in [1.82, 2.24) is 5.16 Å². The van der Waals surface area contributed by atoms with E-state index in [-0.39, 0.29) is 59.1 Å². The first-order valence-corrected chi connectivity index (χ1v) is 7.41. The van der Waals surface area contributed by atoms with E-state index in [0.29, 0.717) is 16.8 Å². The van der Waals surface area contributed by atoms with Crippen molar-refractivity contribution in [2.24, 2.45) is 11.5 Å². The minimum Gasteiger partial charge on any atom is -0.384 e. The van der Waals surface area contributed by atoms with E-state index >= 15 is 0 Å². The number of halogens is 2. The van der Waals surface area contributed by atoms with Crippen molar-refractivity contribution in [1.29, 1.82) is 10.8 Å². The standard InChI is InChI=1S/C17H14N6O3.2ClH/c18-16(19)10-3-1-9(2-4-10)13-8-15(26-22-13)12-6-5-11(17(20)21)7-14(12)23(24)25;;/h1-8H,(H3,18,19)(H3,20,21);2*1H. The Balaban J connectivity index is 0.00000196. The third-order valence-corrected chi connectivity index (χ3v) is 3.77. The Bertz CT molecular complexity index is 1030. The Morgan fingerprint density at radius 2 is 1.54 bits per heavy atom. The summed E-state index contributed by atoms with van der Waals surface area (Å²) >= 11 is 0. The van der Waals surface area contributed by atoms with E-state index in [4.69, 9.17) is 26.8 Å². The van der Waals surface area contributed by atoms with Gasteiger partial charge in [0.15, 0.2) is 5.76 Å². The first-order valence-electron chi connectivity index (χ1n) is 7.41. The van der Waals surface area contributed by atoms with Crippen LogP contribution in [0.25, 0.3) is 22.6 Å². The molecular formula is C17H16Cl2N6O3. The molecule has 0 aliphatic carbocycles. The van der Waals surface area contributed by atoms with E-state index in [9.17, 15) is 10.1 Å². The van der Waals surface area contributed by atoms with Gasteiger partial charge in [0.1, 0.15) is 17.4 Å². The van der Waals surface area contributed by atoms with E-state index in [2.05, 4.69) is 5.16 Å². The number of benzene rings is 2. The molecule has 0 unspecified atom stereocenters. The molecule has 1 heterocycles. The van der Waals surface area contributed by atoms with Crippen molar-refractivity contribution in [2.45, 2.75) is 0 Å². The Kier molecular flexibility index (Phi) is 7.25. The maximum Gasteiger partial charge on any atom is 0.281 e. The number of nitrogen functional groups attached to an aromatic ring is 2. The summed E-state index contributed by atoms with van der Waals surface area (Å²) < 4.78 is 5.27. The quantitative estimate of drug-likeness (QED) is 0.212. The highest BCUT2D eigenvalue weighted by atomic mass is 35.5. The lowest BCUT2D eigenvalue weighted by atomic mass is 10.0. The van der Waals surface area contributed by atoms with Gasteiger partial charge in [-0.25, -0.2) is 0 Å². The summed E-state index contributed by atoms with van der Waals surface area (Å²) in [5.74, 6) is -0.0838. The molecule has 0 saturated heterocycles. The predicted molar refractivity (Wildman–Crippen MR) is 111 cm³/mol. The number of aromatic nitrogens is 1. The molecule has 2 aromatic carbocycles. The number of amidine groups is 2. The summed E-state index contributed by atoms with van der Waals surface area (Å²) in [6.07, 6.45) is 0. The van der Waals surface area contributed by atoms with Gasteiger partial charge in [0.05, 0.1) is 10.5 Å². The van der Waals surface area contributed by atoms with Gasteiger partial charge in [-0.1, -0.05) is 35.5 Å². The number of nitrogens with zero attached hydrogens (tertiary/aromatic N) is 2. The van der Waals surface area contributed by atoms with Crippen LogP contribution in [0.5, 0.6) is 0 Å². The summed E-state index contributed by atoms with van der Waals surface area (Å²) in [6.45, 7) is 0. The summed E-state index contributed by atoms with van der Waals surface area (Å²) in [5.41, 5.74) is 12.8. The highest BCUT2D eigenvalue weighted by molar-refractivity contribution is 5.97. The maximum atomic E-state index is 11.3. The monoisotopic (exact) mass is 422 g/mol. The van der Waals surface area contributed by atoms with Crippen molar-refractivity contribution in [3.05, 3.63) is 69.8 Å². The van der Waals surface area contributed by atoms with Gasteiger partial charge in [-0.05, 0) is 6.07 Å². The van der Waals surface area contributed by atoms with Crippen LogP contribution >= 0.6 is 24.8 Å². The molecule has 0 atom stereocenters. The molecule has 0 fully saturated rings. The van der Waals surface area contributed by atoms with Gasteiger partial charge in [-0.3, -0.25) is 20.9 Å². The molecule has 1 aromatic heterocycles. The normalized spacial score (nSPS) is 9.71. The van der Waals surface area contributed by atoms with Gasteiger partial charge in [0.2, 0.25) is 0 Å². The Hall–Kier alpha value is -3.43.